The van der Waals surface area contributed by atoms with Crippen LogP contribution in [0, 0.1) is 5.92 Å². The van der Waals surface area contributed by atoms with Crippen LogP contribution in [0.1, 0.15) is 65.7 Å². The summed E-state index contributed by atoms with van der Waals surface area (Å²) < 4.78 is 0. The summed E-state index contributed by atoms with van der Waals surface area (Å²) in [5.41, 5.74) is -0.660. The van der Waals surface area contributed by atoms with Crippen LogP contribution in [0.15, 0.2) is 0 Å². The number of amides is 2. The molecular weight excluding hydrogens is 252 g/mol. The van der Waals surface area contributed by atoms with Crippen molar-refractivity contribution in [3.05, 3.63) is 0 Å². The predicted molar refractivity (Wildman–Crippen MR) is 79.2 cm³/mol. The normalized spacial score (nSPS) is 31.1. The molecule has 114 valence electrons. The Bertz CT molecular complexity index is 379. The van der Waals surface area contributed by atoms with E-state index in [1.54, 1.807) is 0 Å². The molecule has 2 aliphatic rings. The molecule has 2 atom stereocenters. The molecule has 2 unspecified atom stereocenters. The molecule has 1 saturated carbocycles. The maximum atomic E-state index is 12.9. The number of carbonyl (C=O) groups is 2. The molecule has 0 aromatic rings. The Morgan fingerprint density at radius 2 is 1.95 bits per heavy atom. The van der Waals surface area contributed by atoms with Crippen molar-refractivity contribution >= 4 is 11.8 Å². The van der Waals surface area contributed by atoms with Gasteiger partial charge in [-0.15, -0.1) is 0 Å². The second kappa shape index (κ2) is 6.15. The molecule has 2 rings (SSSR count). The van der Waals surface area contributed by atoms with E-state index in [1.165, 1.54) is 12.8 Å². The van der Waals surface area contributed by atoms with Crippen LogP contribution in [0.2, 0.25) is 0 Å². The fraction of sp³-hybridized carbons (Fsp3) is 0.875. The fourth-order valence-corrected chi connectivity index (χ4v) is 3.24. The summed E-state index contributed by atoms with van der Waals surface area (Å²) in [4.78, 5) is 26.8. The van der Waals surface area contributed by atoms with Gasteiger partial charge in [0.05, 0.1) is 0 Å². The van der Waals surface area contributed by atoms with Crippen molar-refractivity contribution in [3.63, 3.8) is 0 Å². The molecule has 1 aliphatic carbocycles. The number of nitrogens with one attached hydrogen (secondary N) is 1. The second-order valence-corrected chi connectivity index (χ2v) is 6.64. The number of hydrogen-bond donors (Lipinski definition) is 1. The lowest BCUT2D eigenvalue weighted by Gasteiger charge is -2.34. The van der Waals surface area contributed by atoms with E-state index in [0.29, 0.717) is 12.3 Å². The maximum Gasteiger partial charge on any atom is 0.248 e. The smallest absolute Gasteiger partial charge is 0.248 e. The molecular formula is C16H28N2O2. The molecule has 20 heavy (non-hydrogen) atoms. The maximum absolute atomic E-state index is 12.9. The van der Waals surface area contributed by atoms with Gasteiger partial charge in [0.15, 0.2) is 0 Å². The highest BCUT2D eigenvalue weighted by Crippen LogP contribution is 2.41. The van der Waals surface area contributed by atoms with Gasteiger partial charge >= 0.3 is 0 Å². The molecule has 0 aromatic carbocycles. The van der Waals surface area contributed by atoms with Crippen molar-refractivity contribution in [1.82, 2.24) is 10.2 Å². The van der Waals surface area contributed by atoms with Crippen molar-refractivity contribution < 1.29 is 9.59 Å². The van der Waals surface area contributed by atoms with Crippen LogP contribution in [0.25, 0.3) is 0 Å². The first kappa shape index (κ1) is 15.3. The first-order valence-electron chi connectivity index (χ1n) is 8.11. The van der Waals surface area contributed by atoms with E-state index in [0.717, 1.165) is 32.2 Å². The second-order valence-electron chi connectivity index (χ2n) is 6.64. The zero-order chi connectivity index (χ0) is 14.8. The van der Waals surface area contributed by atoms with Crippen molar-refractivity contribution in [2.75, 3.05) is 6.54 Å². The predicted octanol–water partition coefficient (Wildman–Crippen LogP) is 2.47. The van der Waals surface area contributed by atoms with E-state index in [4.69, 9.17) is 0 Å². The van der Waals surface area contributed by atoms with E-state index >= 15 is 0 Å². The number of nitrogens with zero attached hydrogens (tertiary/aromatic N) is 1. The molecule has 0 bridgehead atoms. The topological polar surface area (TPSA) is 49.4 Å². The fourth-order valence-electron chi connectivity index (χ4n) is 3.24. The molecule has 1 heterocycles. The van der Waals surface area contributed by atoms with Crippen LogP contribution in [-0.2, 0) is 9.59 Å². The van der Waals surface area contributed by atoms with Crippen molar-refractivity contribution in [3.8, 4) is 0 Å². The van der Waals surface area contributed by atoms with E-state index in [-0.39, 0.29) is 17.9 Å². The average Bonchev–Trinajstić information content (AvgIpc) is 3.21. The highest BCUT2D eigenvalue weighted by Gasteiger charge is 2.52. The van der Waals surface area contributed by atoms with E-state index in [2.05, 4.69) is 12.2 Å². The van der Waals surface area contributed by atoms with Gasteiger partial charge in [-0.3, -0.25) is 9.59 Å². The Labute approximate surface area is 122 Å². The third kappa shape index (κ3) is 3.15. The molecule has 2 fully saturated rings. The molecule has 0 radical (unpaired) electrons. The molecule has 1 saturated heterocycles. The van der Waals surface area contributed by atoms with Gasteiger partial charge in [0, 0.05) is 19.0 Å². The summed E-state index contributed by atoms with van der Waals surface area (Å²) in [5.74, 6) is 0.494. The van der Waals surface area contributed by atoms with Gasteiger partial charge in [0.1, 0.15) is 5.54 Å². The van der Waals surface area contributed by atoms with E-state index in [9.17, 15) is 9.59 Å². The Balaban J connectivity index is 2.07. The quantitative estimate of drug-likeness (QED) is 0.760. The van der Waals surface area contributed by atoms with Gasteiger partial charge in [0.2, 0.25) is 11.8 Å². The third-order valence-corrected chi connectivity index (χ3v) is 4.76. The first-order valence-corrected chi connectivity index (χ1v) is 8.11. The summed E-state index contributed by atoms with van der Waals surface area (Å²) in [6.07, 6.45) is 7.16. The zero-order valence-electron chi connectivity index (χ0n) is 13.1. The van der Waals surface area contributed by atoms with Gasteiger partial charge in [-0.1, -0.05) is 26.2 Å². The molecule has 0 aromatic heterocycles. The number of rotatable bonds is 6. The Morgan fingerprint density at radius 3 is 2.55 bits per heavy atom. The van der Waals surface area contributed by atoms with Crippen molar-refractivity contribution in [1.29, 1.82) is 0 Å². The van der Waals surface area contributed by atoms with Crippen LogP contribution in [0.3, 0.4) is 0 Å². The third-order valence-electron chi connectivity index (χ3n) is 4.76. The summed E-state index contributed by atoms with van der Waals surface area (Å²) >= 11 is 0. The Hall–Kier alpha value is -1.06. The number of carbonyl (C=O) groups excluding carboxylic acids is 2. The van der Waals surface area contributed by atoms with Crippen LogP contribution in [0.4, 0.5) is 0 Å². The van der Waals surface area contributed by atoms with Gasteiger partial charge in [-0.25, -0.2) is 0 Å². The standard InChI is InChI=1S/C16H28N2O2/c1-4-5-6-7-10-18-12(2)11-14(19)17-16(3,15(18)20)13-8-9-13/h12-13H,4-11H2,1-3H3,(H,17,19). The van der Waals surface area contributed by atoms with Gasteiger partial charge in [-0.2, -0.15) is 0 Å². The monoisotopic (exact) mass is 280 g/mol. The minimum atomic E-state index is -0.660. The minimum Gasteiger partial charge on any atom is -0.342 e. The Morgan fingerprint density at radius 1 is 1.25 bits per heavy atom. The number of hydrogen-bond acceptors (Lipinski definition) is 2. The number of unbranched alkanes of at least 4 members (excludes halogenated alkanes) is 3. The van der Waals surface area contributed by atoms with Crippen molar-refractivity contribution in [2.24, 2.45) is 5.92 Å². The lowest BCUT2D eigenvalue weighted by atomic mass is 9.93. The van der Waals surface area contributed by atoms with Gasteiger partial charge in [-0.05, 0) is 39.0 Å². The van der Waals surface area contributed by atoms with E-state index in [1.807, 2.05) is 18.7 Å². The largest absolute Gasteiger partial charge is 0.342 e. The van der Waals surface area contributed by atoms with Crippen LogP contribution < -0.4 is 5.32 Å². The lowest BCUT2D eigenvalue weighted by Crippen LogP contribution is -2.57. The summed E-state index contributed by atoms with van der Waals surface area (Å²) in [7, 11) is 0. The highest BCUT2D eigenvalue weighted by molar-refractivity contribution is 5.94. The molecule has 1 aliphatic heterocycles. The van der Waals surface area contributed by atoms with E-state index < -0.39 is 5.54 Å². The van der Waals surface area contributed by atoms with Gasteiger partial charge in [0.25, 0.3) is 0 Å². The molecule has 1 N–H and O–H groups in total. The highest BCUT2D eigenvalue weighted by atomic mass is 16.2. The SMILES string of the molecule is CCCCCCN1C(=O)C(C)(C2CC2)NC(=O)CC1C. The molecule has 2 amide bonds. The summed E-state index contributed by atoms with van der Waals surface area (Å²) in [6.45, 7) is 6.89. The van der Waals surface area contributed by atoms with Crippen LogP contribution in [0.5, 0.6) is 0 Å². The first-order chi connectivity index (χ1) is 9.49. The zero-order valence-corrected chi connectivity index (χ0v) is 13.1. The summed E-state index contributed by atoms with van der Waals surface area (Å²) in [6, 6.07) is 0.0182. The lowest BCUT2D eigenvalue weighted by molar-refractivity contribution is -0.140. The van der Waals surface area contributed by atoms with Crippen molar-refractivity contribution in [2.45, 2.75) is 77.3 Å². The van der Waals surface area contributed by atoms with Crippen LogP contribution >= 0.6 is 0 Å². The minimum absolute atomic E-state index is 0.0182. The average molecular weight is 280 g/mol. The van der Waals surface area contributed by atoms with Crippen LogP contribution in [-0.4, -0.2) is 34.8 Å². The molecule has 4 nitrogen and oxygen atoms in total. The Kier molecular flexibility index (Phi) is 4.71. The van der Waals surface area contributed by atoms with Gasteiger partial charge < -0.3 is 10.2 Å². The molecule has 4 heteroatoms. The summed E-state index contributed by atoms with van der Waals surface area (Å²) in [5, 5.41) is 3.00. The molecule has 0 spiro atoms.